The first kappa shape index (κ1) is 15.5. The van der Waals surface area contributed by atoms with Crippen LogP contribution in [0.3, 0.4) is 0 Å². The monoisotopic (exact) mass is 251 g/mol. The van der Waals surface area contributed by atoms with Gasteiger partial charge < -0.3 is 4.90 Å². The van der Waals surface area contributed by atoms with Crippen LogP contribution in [0.5, 0.6) is 0 Å². The summed E-state index contributed by atoms with van der Waals surface area (Å²) in [6.45, 7) is 12.1. The number of nitrogens with one attached hydrogen (secondary N) is 1. The van der Waals surface area contributed by atoms with E-state index in [2.05, 4.69) is 58.0 Å². The fourth-order valence-electron chi connectivity index (χ4n) is 3.09. The zero-order chi connectivity index (χ0) is 14.0. The number of hydrogen-bond donors (Lipinski definition) is 1. The van der Waals surface area contributed by atoms with Crippen molar-refractivity contribution < 1.29 is 0 Å². The molecule has 0 radical (unpaired) electrons. The number of nitrogens with zero attached hydrogens (tertiary/aromatic N) is 2. The summed E-state index contributed by atoms with van der Waals surface area (Å²) in [6.07, 6.45) is 3.05. The van der Waals surface area contributed by atoms with Crippen molar-refractivity contribution in [3.63, 3.8) is 0 Å². The largest absolute Gasteiger partial charge is 0.303 e. The molecule has 0 spiro atoms. The minimum atomic E-state index is -0.301. The summed E-state index contributed by atoms with van der Waals surface area (Å²) in [5.41, 5.74) is 0.0170. The highest BCUT2D eigenvalue weighted by atomic mass is 15.2. The van der Waals surface area contributed by atoms with Gasteiger partial charge in [0, 0.05) is 18.6 Å². The van der Waals surface area contributed by atoms with Crippen molar-refractivity contribution in [3.8, 4) is 6.07 Å². The molecule has 1 rings (SSSR count). The first-order valence-electron chi connectivity index (χ1n) is 7.07. The molecule has 3 heteroatoms. The second-order valence-corrected chi connectivity index (χ2v) is 7.37. The fraction of sp³-hybridized carbons (Fsp3) is 0.933. The van der Waals surface area contributed by atoms with E-state index in [0.717, 1.165) is 25.8 Å². The average molecular weight is 251 g/mol. The van der Waals surface area contributed by atoms with E-state index in [1.54, 1.807) is 0 Å². The number of hydrogen-bond acceptors (Lipinski definition) is 3. The molecule has 0 saturated heterocycles. The Hall–Kier alpha value is -0.590. The molecular weight excluding hydrogens is 222 g/mol. The Bertz CT molecular complexity index is 311. The van der Waals surface area contributed by atoms with E-state index in [1.165, 1.54) is 0 Å². The van der Waals surface area contributed by atoms with Crippen molar-refractivity contribution in [1.29, 1.82) is 5.26 Å². The Labute approximate surface area is 113 Å². The van der Waals surface area contributed by atoms with Crippen LogP contribution >= 0.6 is 0 Å². The Morgan fingerprint density at radius 2 is 2.06 bits per heavy atom. The van der Waals surface area contributed by atoms with E-state index in [0.29, 0.717) is 17.5 Å². The normalized spacial score (nSPS) is 28.9. The lowest BCUT2D eigenvalue weighted by atomic mass is 9.94. The molecule has 1 aliphatic carbocycles. The van der Waals surface area contributed by atoms with Gasteiger partial charge in [-0.15, -0.1) is 0 Å². The van der Waals surface area contributed by atoms with Gasteiger partial charge in [0.25, 0.3) is 0 Å². The molecule has 1 aliphatic rings. The molecule has 0 bridgehead atoms. The van der Waals surface area contributed by atoms with Crippen LogP contribution in [0.4, 0.5) is 0 Å². The van der Waals surface area contributed by atoms with Crippen molar-refractivity contribution in [1.82, 2.24) is 10.2 Å². The van der Waals surface area contributed by atoms with E-state index in [-0.39, 0.29) is 5.54 Å². The Balaban J connectivity index is 2.62. The van der Waals surface area contributed by atoms with Crippen LogP contribution in [-0.4, -0.2) is 36.1 Å². The Morgan fingerprint density at radius 1 is 1.44 bits per heavy atom. The smallest absolute Gasteiger partial charge is 0.108 e. The highest BCUT2D eigenvalue weighted by Gasteiger charge is 2.41. The molecule has 0 aromatic carbocycles. The van der Waals surface area contributed by atoms with Gasteiger partial charge in [-0.2, -0.15) is 5.26 Å². The molecular formula is C15H29N3. The summed E-state index contributed by atoms with van der Waals surface area (Å²) in [5.74, 6) is 0. The van der Waals surface area contributed by atoms with Crippen molar-refractivity contribution in [2.24, 2.45) is 5.41 Å². The maximum absolute atomic E-state index is 9.47. The molecule has 0 aliphatic heterocycles. The van der Waals surface area contributed by atoms with Crippen molar-refractivity contribution in [2.75, 3.05) is 13.6 Å². The quantitative estimate of drug-likeness (QED) is 0.835. The summed E-state index contributed by atoms with van der Waals surface area (Å²) in [5, 5.41) is 12.9. The molecule has 18 heavy (non-hydrogen) atoms. The zero-order valence-corrected chi connectivity index (χ0v) is 12.9. The van der Waals surface area contributed by atoms with Gasteiger partial charge in [0.2, 0.25) is 0 Å². The van der Waals surface area contributed by atoms with Crippen LogP contribution in [0, 0.1) is 16.7 Å². The van der Waals surface area contributed by atoms with Gasteiger partial charge in [0.05, 0.1) is 6.07 Å². The van der Waals surface area contributed by atoms with Crippen LogP contribution in [0.25, 0.3) is 0 Å². The molecule has 0 aromatic rings. The molecule has 3 nitrogen and oxygen atoms in total. The fourth-order valence-corrected chi connectivity index (χ4v) is 3.09. The van der Waals surface area contributed by atoms with E-state index in [4.69, 9.17) is 0 Å². The molecule has 1 fully saturated rings. The third-order valence-corrected chi connectivity index (χ3v) is 3.61. The number of rotatable bonds is 4. The summed E-state index contributed by atoms with van der Waals surface area (Å²) in [7, 11) is 2.19. The van der Waals surface area contributed by atoms with E-state index in [9.17, 15) is 5.26 Å². The van der Waals surface area contributed by atoms with Crippen molar-refractivity contribution in [2.45, 2.75) is 71.5 Å². The van der Waals surface area contributed by atoms with E-state index < -0.39 is 0 Å². The van der Waals surface area contributed by atoms with Crippen LogP contribution in [0.2, 0.25) is 0 Å². The van der Waals surface area contributed by atoms with Crippen LogP contribution in [0.15, 0.2) is 0 Å². The van der Waals surface area contributed by atoms with Gasteiger partial charge in [0.1, 0.15) is 5.54 Å². The molecule has 0 aromatic heterocycles. The summed E-state index contributed by atoms with van der Waals surface area (Å²) in [4.78, 5) is 2.43. The Kier molecular flexibility index (Phi) is 4.80. The summed E-state index contributed by atoms with van der Waals surface area (Å²) >= 11 is 0. The van der Waals surface area contributed by atoms with E-state index in [1.807, 2.05) is 0 Å². The van der Waals surface area contributed by atoms with Crippen molar-refractivity contribution in [3.05, 3.63) is 0 Å². The van der Waals surface area contributed by atoms with Crippen LogP contribution < -0.4 is 5.32 Å². The lowest BCUT2D eigenvalue weighted by Gasteiger charge is -2.32. The Morgan fingerprint density at radius 3 is 2.50 bits per heavy atom. The molecule has 0 heterocycles. The predicted octanol–water partition coefficient (Wildman–Crippen LogP) is 2.78. The lowest BCUT2D eigenvalue weighted by molar-refractivity contribution is 0.168. The molecule has 1 saturated carbocycles. The molecule has 2 unspecified atom stereocenters. The summed E-state index contributed by atoms with van der Waals surface area (Å²) in [6, 6.07) is 3.43. The zero-order valence-electron chi connectivity index (χ0n) is 12.9. The third kappa shape index (κ3) is 4.26. The van der Waals surface area contributed by atoms with E-state index >= 15 is 0 Å². The molecule has 1 N–H and O–H groups in total. The SMILES string of the molecule is CC(C)NC1(C#N)CCC(N(C)CC(C)(C)C)C1. The van der Waals surface area contributed by atoms with Gasteiger partial charge in [-0.3, -0.25) is 5.32 Å². The first-order valence-corrected chi connectivity index (χ1v) is 7.07. The first-order chi connectivity index (χ1) is 8.17. The minimum absolute atomic E-state index is 0.301. The maximum Gasteiger partial charge on any atom is 0.108 e. The summed E-state index contributed by atoms with van der Waals surface area (Å²) < 4.78 is 0. The lowest BCUT2D eigenvalue weighted by Crippen LogP contribution is -2.47. The van der Waals surface area contributed by atoms with Gasteiger partial charge in [-0.05, 0) is 45.6 Å². The second-order valence-electron chi connectivity index (χ2n) is 7.37. The van der Waals surface area contributed by atoms with Gasteiger partial charge in [-0.25, -0.2) is 0 Å². The molecule has 0 amide bonds. The maximum atomic E-state index is 9.47. The molecule has 104 valence electrons. The van der Waals surface area contributed by atoms with Gasteiger partial charge in [-0.1, -0.05) is 20.8 Å². The predicted molar refractivity (Wildman–Crippen MR) is 76.3 cm³/mol. The van der Waals surface area contributed by atoms with Gasteiger partial charge >= 0.3 is 0 Å². The standard InChI is InChI=1S/C15H29N3/c1-12(2)17-15(10-16)8-7-13(9-15)18(6)11-14(3,4)5/h12-13,17H,7-9,11H2,1-6H3. The minimum Gasteiger partial charge on any atom is -0.303 e. The molecule has 2 atom stereocenters. The van der Waals surface area contributed by atoms with Crippen LogP contribution in [-0.2, 0) is 0 Å². The topological polar surface area (TPSA) is 39.1 Å². The highest BCUT2D eigenvalue weighted by Crippen LogP contribution is 2.33. The van der Waals surface area contributed by atoms with Gasteiger partial charge in [0.15, 0.2) is 0 Å². The number of nitriles is 1. The third-order valence-electron chi connectivity index (χ3n) is 3.61. The average Bonchev–Trinajstić information content (AvgIpc) is 2.59. The van der Waals surface area contributed by atoms with Crippen LogP contribution in [0.1, 0.15) is 53.9 Å². The highest BCUT2D eigenvalue weighted by molar-refractivity contribution is 5.13. The second kappa shape index (κ2) is 5.59. The van der Waals surface area contributed by atoms with Crippen molar-refractivity contribution >= 4 is 0 Å².